The Bertz CT molecular complexity index is 807. The summed E-state index contributed by atoms with van der Waals surface area (Å²) >= 11 is 0. The molecule has 1 amide bonds. The van der Waals surface area contributed by atoms with Gasteiger partial charge in [-0.15, -0.1) is 0 Å². The van der Waals surface area contributed by atoms with Crippen LogP contribution in [0.5, 0.6) is 0 Å². The van der Waals surface area contributed by atoms with Crippen LogP contribution in [0.25, 0.3) is 11.1 Å². The van der Waals surface area contributed by atoms with Gasteiger partial charge in [0.2, 0.25) is 0 Å². The molecule has 2 heterocycles. The molecule has 0 bridgehead atoms. The summed E-state index contributed by atoms with van der Waals surface area (Å²) in [5.74, 6) is 0.223. The first-order chi connectivity index (χ1) is 12.0. The van der Waals surface area contributed by atoms with Crippen molar-refractivity contribution in [3.8, 4) is 11.1 Å². The second-order valence-corrected chi connectivity index (χ2v) is 7.34. The Morgan fingerprint density at radius 3 is 2.36 bits per heavy atom. The minimum absolute atomic E-state index is 0.0984. The fourth-order valence-electron chi connectivity index (χ4n) is 3.96. The van der Waals surface area contributed by atoms with Crippen LogP contribution < -0.4 is 0 Å². The number of amides is 1. The second kappa shape index (κ2) is 6.26. The fraction of sp³-hybridized carbons (Fsp3) is 0.381. The van der Waals surface area contributed by atoms with E-state index in [4.69, 9.17) is 0 Å². The third-order valence-electron chi connectivity index (χ3n) is 5.60. The predicted octanol–water partition coefficient (Wildman–Crippen LogP) is 3.89. The van der Waals surface area contributed by atoms with Crippen LogP contribution in [0.3, 0.4) is 0 Å². The third kappa shape index (κ3) is 2.95. The van der Waals surface area contributed by atoms with Crippen LogP contribution in [0.4, 0.5) is 4.39 Å². The number of hydrogen-bond donors (Lipinski definition) is 0. The lowest BCUT2D eigenvalue weighted by Gasteiger charge is -2.29. The molecule has 2 aromatic carbocycles. The minimum atomic E-state index is -0.287. The summed E-state index contributed by atoms with van der Waals surface area (Å²) in [6.45, 7) is 2.63. The predicted molar refractivity (Wildman–Crippen MR) is 97.1 cm³/mol. The number of halogens is 1. The van der Waals surface area contributed by atoms with Gasteiger partial charge in [-0.25, -0.2) is 4.39 Å². The van der Waals surface area contributed by atoms with E-state index < -0.39 is 0 Å². The summed E-state index contributed by atoms with van der Waals surface area (Å²) in [6, 6.07) is 11.8. The second-order valence-electron chi connectivity index (χ2n) is 7.34. The molecule has 25 heavy (non-hydrogen) atoms. The number of carbonyl (C=O) groups is 1. The van der Waals surface area contributed by atoms with Crippen LogP contribution in [0.1, 0.15) is 40.2 Å². The molecule has 0 saturated carbocycles. The average molecular weight is 338 g/mol. The van der Waals surface area contributed by atoms with Crippen molar-refractivity contribution in [1.82, 2.24) is 9.80 Å². The number of fused-ring (bicyclic) bond motifs is 1. The molecule has 0 spiro atoms. The topological polar surface area (TPSA) is 23.6 Å². The quantitative estimate of drug-likeness (QED) is 0.829. The van der Waals surface area contributed by atoms with Crippen LogP contribution in [0.2, 0.25) is 0 Å². The first-order valence-electron chi connectivity index (χ1n) is 8.89. The van der Waals surface area contributed by atoms with E-state index in [1.165, 1.54) is 18.4 Å². The summed E-state index contributed by atoms with van der Waals surface area (Å²) in [7, 11) is 3.87. The number of hydrogen-bond acceptors (Lipinski definition) is 2. The first kappa shape index (κ1) is 16.3. The monoisotopic (exact) mass is 338 g/mol. The molecule has 0 N–H and O–H groups in total. The number of benzene rings is 2. The normalized spacial score (nSPS) is 18.7. The van der Waals surface area contributed by atoms with E-state index in [-0.39, 0.29) is 11.7 Å². The van der Waals surface area contributed by atoms with Gasteiger partial charge in [0.25, 0.3) is 5.91 Å². The zero-order chi connectivity index (χ0) is 17.6. The summed E-state index contributed by atoms with van der Waals surface area (Å²) in [5.41, 5.74) is 4.10. The smallest absolute Gasteiger partial charge is 0.254 e. The van der Waals surface area contributed by atoms with Gasteiger partial charge in [-0.1, -0.05) is 24.3 Å². The maximum atomic E-state index is 14.4. The molecule has 1 fully saturated rings. The van der Waals surface area contributed by atoms with Gasteiger partial charge in [-0.3, -0.25) is 4.79 Å². The van der Waals surface area contributed by atoms with Crippen LogP contribution in [0, 0.1) is 5.82 Å². The van der Waals surface area contributed by atoms with E-state index in [1.54, 1.807) is 18.0 Å². The first-order valence-corrected chi connectivity index (χ1v) is 8.89. The lowest BCUT2D eigenvalue weighted by atomic mass is 9.88. The summed E-state index contributed by atoms with van der Waals surface area (Å²) in [6.07, 6.45) is 2.37. The van der Waals surface area contributed by atoms with Crippen molar-refractivity contribution in [3.63, 3.8) is 0 Å². The molecule has 2 aliphatic rings. The molecule has 3 nitrogen and oxygen atoms in total. The Balaban J connectivity index is 1.61. The van der Waals surface area contributed by atoms with E-state index in [2.05, 4.69) is 36.2 Å². The van der Waals surface area contributed by atoms with Crippen LogP contribution >= 0.6 is 0 Å². The van der Waals surface area contributed by atoms with Crippen LogP contribution in [-0.2, 0) is 6.54 Å². The molecule has 0 aliphatic carbocycles. The number of rotatable bonds is 2. The maximum Gasteiger partial charge on any atom is 0.254 e. The molecule has 4 heteroatoms. The Morgan fingerprint density at radius 2 is 1.68 bits per heavy atom. The number of piperidine rings is 1. The van der Waals surface area contributed by atoms with Crippen LogP contribution in [-0.4, -0.2) is 42.9 Å². The molecule has 2 aliphatic heterocycles. The van der Waals surface area contributed by atoms with E-state index in [1.807, 2.05) is 6.07 Å². The highest BCUT2D eigenvalue weighted by atomic mass is 19.1. The minimum Gasteiger partial charge on any atom is -0.337 e. The summed E-state index contributed by atoms with van der Waals surface area (Å²) in [5, 5.41) is 0. The molecule has 130 valence electrons. The molecule has 0 radical (unpaired) electrons. The summed E-state index contributed by atoms with van der Waals surface area (Å²) in [4.78, 5) is 16.1. The van der Waals surface area contributed by atoms with Gasteiger partial charge in [0.05, 0.1) is 0 Å². The number of nitrogens with zero attached hydrogens (tertiary/aromatic N) is 2. The van der Waals surface area contributed by atoms with Gasteiger partial charge in [0.1, 0.15) is 5.82 Å². The van der Waals surface area contributed by atoms with E-state index in [0.717, 1.165) is 24.2 Å². The number of carbonyl (C=O) groups excluding carboxylic acids is 1. The molecule has 0 unspecified atom stereocenters. The standard InChI is InChI=1S/C21H23FN2O/c1-23-9-7-16(8-10-23)14-3-5-15(6-4-14)17-11-18-19(20(22)12-17)13-24(2)21(18)25/h3-6,11-12,16H,7-10,13H2,1-2H3. The zero-order valence-corrected chi connectivity index (χ0v) is 14.8. The van der Waals surface area contributed by atoms with E-state index >= 15 is 0 Å². The highest BCUT2D eigenvalue weighted by Gasteiger charge is 2.28. The van der Waals surface area contributed by atoms with Crippen molar-refractivity contribution in [2.45, 2.75) is 25.3 Å². The van der Waals surface area contributed by atoms with Crippen molar-refractivity contribution in [2.24, 2.45) is 0 Å². The van der Waals surface area contributed by atoms with Gasteiger partial charge in [-0.05, 0) is 67.7 Å². The third-order valence-corrected chi connectivity index (χ3v) is 5.60. The van der Waals surface area contributed by atoms with Gasteiger partial charge in [0.15, 0.2) is 0 Å². The van der Waals surface area contributed by atoms with Crippen molar-refractivity contribution in [3.05, 3.63) is 58.9 Å². The van der Waals surface area contributed by atoms with E-state index in [0.29, 0.717) is 23.6 Å². The highest BCUT2D eigenvalue weighted by molar-refractivity contribution is 5.99. The van der Waals surface area contributed by atoms with E-state index in [9.17, 15) is 9.18 Å². The Kier molecular flexibility index (Phi) is 4.08. The Hall–Kier alpha value is -2.20. The van der Waals surface area contributed by atoms with Crippen molar-refractivity contribution < 1.29 is 9.18 Å². The SMILES string of the molecule is CN1CCC(c2ccc(-c3cc(F)c4c(c3)C(=O)N(C)C4)cc2)CC1. The van der Waals surface area contributed by atoms with Gasteiger partial charge >= 0.3 is 0 Å². The average Bonchev–Trinajstić information content (AvgIpc) is 2.91. The molecule has 1 saturated heterocycles. The van der Waals surface area contributed by atoms with Crippen molar-refractivity contribution in [2.75, 3.05) is 27.2 Å². The van der Waals surface area contributed by atoms with Crippen molar-refractivity contribution >= 4 is 5.91 Å². The Morgan fingerprint density at radius 1 is 1.00 bits per heavy atom. The maximum absolute atomic E-state index is 14.4. The lowest BCUT2D eigenvalue weighted by molar-refractivity contribution is 0.0816. The molecule has 0 aromatic heterocycles. The van der Waals surface area contributed by atoms with Gasteiger partial charge in [0, 0.05) is 24.7 Å². The zero-order valence-electron chi connectivity index (χ0n) is 14.8. The molecular formula is C21H23FN2O. The highest BCUT2D eigenvalue weighted by Crippen LogP contribution is 2.32. The lowest BCUT2D eigenvalue weighted by Crippen LogP contribution is -2.29. The molecule has 2 aromatic rings. The van der Waals surface area contributed by atoms with Crippen LogP contribution in [0.15, 0.2) is 36.4 Å². The fourth-order valence-corrected chi connectivity index (χ4v) is 3.96. The molecule has 4 rings (SSSR count). The summed E-state index contributed by atoms with van der Waals surface area (Å²) < 4.78 is 14.4. The molecule has 0 atom stereocenters. The largest absolute Gasteiger partial charge is 0.337 e. The van der Waals surface area contributed by atoms with Crippen molar-refractivity contribution in [1.29, 1.82) is 0 Å². The molecular weight excluding hydrogens is 315 g/mol. The number of likely N-dealkylation sites (tertiary alicyclic amines) is 1. The Labute approximate surface area is 148 Å². The van der Waals surface area contributed by atoms with Gasteiger partial charge in [-0.2, -0.15) is 0 Å². The van der Waals surface area contributed by atoms with Gasteiger partial charge < -0.3 is 9.80 Å².